The number of unbranched alkanes of at least 4 members (excludes halogenated alkanes) is 1. The molecular weight excluding hydrogens is 164 g/mol. The number of nitrogens with zero attached hydrogens (tertiary/aromatic N) is 2. The largest absolute Gasteiger partial charge is 0.336 e. The van der Waals surface area contributed by atoms with Gasteiger partial charge in [0.2, 0.25) is 0 Å². The SMILES string of the molecule is [C-]#[N+]CC(=O)N(CCC)CCCC. The first-order chi connectivity index (χ1) is 6.26. The molecule has 3 heteroatoms. The highest BCUT2D eigenvalue weighted by atomic mass is 16.2. The summed E-state index contributed by atoms with van der Waals surface area (Å²) < 4.78 is 0. The molecule has 3 nitrogen and oxygen atoms in total. The van der Waals surface area contributed by atoms with Crippen molar-refractivity contribution in [2.24, 2.45) is 0 Å². The van der Waals surface area contributed by atoms with Crippen LogP contribution in [0, 0.1) is 6.57 Å². The van der Waals surface area contributed by atoms with Crippen LogP contribution in [0.3, 0.4) is 0 Å². The van der Waals surface area contributed by atoms with E-state index in [-0.39, 0.29) is 12.5 Å². The summed E-state index contributed by atoms with van der Waals surface area (Å²) in [6.07, 6.45) is 3.09. The van der Waals surface area contributed by atoms with Crippen molar-refractivity contribution in [2.75, 3.05) is 19.6 Å². The van der Waals surface area contributed by atoms with E-state index >= 15 is 0 Å². The van der Waals surface area contributed by atoms with Crippen molar-refractivity contribution in [3.63, 3.8) is 0 Å². The van der Waals surface area contributed by atoms with Gasteiger partial charge in [0.15, 0.2) is 0 Å². The molecule has 0 saturated heterocycles. The van der Waals surface area contributed by atoms with E-state index in [0.29, 0.717) is 0 Å². The molecule has 0 aromatic heterocycles. The van der Waals surface area contributed by atoms with Gasteiger partial charge in [0.05, 0.1) is 0 Å². The Morgan fingerprint density at radius 1 is 1.31 bits per heavy atom. The molecule has 0 aliphatic rings. The molecule has 0 spiro atoms. The van der Waals surface area contributed by atoms with E-state index in [1.807, 2.05) is 6.92 Å². The molecule has 0 N–H and O–H groups in total. The van der Waals surface area contributed by atoms with Crippen LogP contribution in [0.15, 0.2) is 0 Å². The van der Waals surface area contributed by atoms with Crippen LogP contribution < -0.4 is 0 Å². The maximum Gasteiger partial charge on any atom is 0.302 e. The Kier molecular flexibility index (Phi) is 6.99. The zero-order valence-electron chi connectivity index (χ0n) is 8.55. The van der Waals surface area contributed by atoms with Crippen LogP contribution in [0.4, 0.5) is 0 Å². The van der Waals surface area contributed by atoms with Crippen LogP contribution >= 0.6 is 0 Å². The van der Waals surface area contributed by atoms with Gasteiger partial charge in [-0.1, -0.05) is 20.3 Å². The number of carbonyl (C=O) groups is 1. The summed E-state index contributed by atoms with van der Waals surface area (Å²) >= 11 is 0. The highest BCUT2D eigenvalue weighted by molar-refractivity contribution is 5.79. The molecule has 0 saturated carbocycles. The summed E-state index contributed by atoms with van der Waals surface area (Å²) in [7, 11) is 0. The lowest BCUT2D eigenvalue weighted by Crippen LogP contribution is -2.34. The minimum Gasteiger partial charge on any atom is -0.336 e. The van der Waals surface area contributed by atoms with Crippen LogP contribution in [-0.4, -0.2) is 30.4 Å². The first kappa shape index (κ1) is 12.0. The van der Waals surface area contributed by atoms with Gasteiger partial charge in [0, 0.05) is 13.1 Å². The first-order valence-electron chi connectivity index (χ1n) is 4.87. The monoisotopic (exact) mass is 182 g/mol. The average molecular weight is 182 g/mol. The van der Waals surface area contributed by atoms with Crippen molar-refractivity contribution < 1.29 is 4.79 Å². The zero-order chi connectivity index (χ0) is 10.1. The fourth-order valence-electron chi connectivity index (χ4n) is 1.15. The van der Waals surface area contributed by atoms with E-state index in [2.05, 4.69) is 11.8 Å². The summed E-state index contributed by atoms with van der Waals surface area (Å²) in [5.74, 6) is -0.0229. The number of carbonyl (C=O) groups excluding carboxylic acids is 1. The van der Waals surface area contributed by atoms with Crippen molar-refractivity contribution in [1.29, 1.82) is 0 Å². The smallest absolute Gasteiger partial charge is 0.302 e. The molecule has 0 unspecified atom stereocenters. The minimum absolute atomic E-state index is 0.00368. The van der Waals surface area contributed by atoms with Gasteiger partial charge in [-0.2, -0.15) is 0 Å². The normalized spacial score (nSPS) is 9.31. The van der Waals surface area contributed by atoms with Crippen LogP contribution in [0.1, 0.15) is 33.1 Å². The molecular formula is C10H18N2O. The van der Waals surface area contributed by atoms with Crippen molar-refractivity contribution in [2.45, 2.75) is 33.1 Å². The van der Waals surface area contributed by atoms with Gasteiger partial charge in [-0.25, -0.2) is 6.57 Å². The quantitative estimate of drug-likeness (QED) is 0.576. The van der Waals surface area contributed by atoms with Gasteiger partial charge in [-0.3, -0.25) is 4.79 Å². The number of rotatable bonds is 6. The standard InChI is InChI=1S/C10H18N2O/c1-4-6-8-12(7-5-2)10(13)9-11-3/h4-9H2,1-2H3. The lowest BCUT2D eigenvalue weighted by Gasteiger charge is -2.19. The molecule has 0 fully saturated rings. The maximum atomic E-state index is 11.4. The van der Waals surface area contributed by atoms with Gasteiger partial charge in [0.1, 0.15) is 0 Å². The first-order valence-corrected chi connectivity index (χ1v) is 4.87. The molecule has 0 aliphatic carbocycles. The van der Waals surface area contributed by atoms with E-state index in [9.17, 15) is 4.79 Å². The predicted octanol–water partition coefficient (Wildman–Crippen LogP) is 1.94. The molecule has 0 rings (SSSR count). The van der Waals surface area contributed by atoms with Gasteiger partial charge < -0.3 is 9.74 Å². The fourth-order valence-corrected chi connectivity index (χ4v) is 1.15. The van der Waals surface area contributed by atoms with Crippen molar-refractivity contribution in [3.8, 4) is 0 Å². The van der Waals surface area contributed by atoms with E-state index in [1.165, 1.54) is 0 Å². The average Bonchev–Trinajstić information content (AvgIpc) is 2.12. The third-order valence-electron chi connectivity index (χ3n) is 1.84. The Labute approximate surface area is 80.5 Å². The minimum atomic E-state index is -0.0229. The molecule has 0 aliphatic heterocycles. The predicted molar refractivity (Wildman–Crippen MR) is 53.2 cm³/mol. The van der Waals surface area contributed by atoms with Crippen LogP contribution in [0.25, 0.3) is 4.85 Å². The summed E-state index contributed by atoms with van der Waals surface area (Å²) in [6.45, 7) is 12.4. The van der Waals surface area contributed by atoms with Gasteiger partial charge in [-0.05, 0) is 12.8 Å². The zero-order valence-corrected chi connectivity index (χ0v) is 8.55. The van der Waals surface area contributed by atoms with Crippen molar-refractivity contribution >= 4 is 5.91 Å². The highest BCUT2D eigenvalue weighted by Crippen LogP contribution is 1.98. The Morgan fingerprint density at radius 2 is 2.00 bits per heavy atom. The summed E-state index contributed by atoms with van der Waals surface area (Å²) in [5.41, 5.74) is 0. The number of hydrogen-bond acceptors (Lipinski definition) is 1. The Hall–Kier alpha value is -1.04. The molecule has 0 bridgehead atoms. The van der Waals surface area contributed by atoms with Gasteiger partial charge in [-0.15, -0.1) is 0 Å². The highest BCUT2D eigenvalue weighted by Gasteiger charge is 2.13. The number of amides is 1. The topological polar surface area (TPSA) is 24.7 Å². The van der Waals surface area contributed by atoms with E-state index in [1.54, 1.807) is 4.90 Å². The van der Waals surface area contributed by atoms with Gasteiger partial charge >= 0.3 is 5.91 Å². The molecule has 1 amide bonds. The number of hydrogen-bond donors (Lipinski definition) is 0. The molecule has 0 aromatic rings. The third kappa shape index (κ3) is 5.24. The van der Waals surface area contributed by atoms with Crippen LogP contribution in [0.2, 0.25) is 0 Å². The lowest BCUT2D eigenvalue weighted by molar-refractivity contribution is -0.129. The van der Waals surface area contributed by atoms with E-state index < -0.39 is 0 Å². The Balaban J connectivity index is 3.92. The van der Waals surface area contributed by atoms with E-state index in [4.69, 9.17) is 6.57 Å². The summed E-state index contributed by atoms with van der Waals surface area (Å²) in [6, 6.07) is 0. The van der Waals surface area contributed by atoms with Crippen LogP contribution in [-0.2, 0) is 4.79 Å². The molecule has 0 aromatic carbocycles. The van der Waals surface area contributed by atoms with Crippen molar-refractivity contribution in [3.05, 3.63) is 11.4 Å². The third-order valence-corrected chi connectivity index (χ3v) is 1.84. The molecule has 13 heavy (non-hydrogen) atoms. The second-order valence-electron chi connectivity index (χ2n) is 3.05. The fraction of sp³-hybridized carbons (Fsp3) is 0.800. The van der Waals surface area contributed by atoms with Crippen molar-refractivity contribution in [1.82, 2.24) is 4.90 Å². The maximum absolute atomic E-state index is 11.4. The lowest BCUT2D eigenvalue weighted by atomic mass is 10.3. The van der Waals surface area contributed by atoms with Gasteiger partial charge in [0.25, 0.3) is 6.54 Å². The Bertz CT molecular complexity index is 184. The second-order valence-corrected chi connectivity index (χ2v) is 3.05. The molecule has 0 atom stereocenters. The summed E-state index contributed by atoms with van der Waals surface area (Å²) in [5, 5.41) is 0. The molecule has 74 valence electrons. The van der Waals surface area contributed by atoms with E-state index in [0.717, 1.165) is 32.4 Å². The molecule has 0 heterocycles. The second kappa shape index (κ2) is 7.60. The summed E-state index contributed by atoms with van der Waals surface area (Å²) in [4.78, 5) is 16.3. The van der Waals surface area contributed by atoms with Crippen LogP contribution in [0.5, 0.6) is 0 Å². The Morgan fingerprint density at radius 3 is 2.46 bits per heavy atom. The molecule has 0 radical (unpaired) electrons.